The zero-order valence-corrected chi connectivity index (χ0v) is 14.1. The van der Waals surface area contributed by atoms with Gasteiger partial charge < -0.3 is 25.8 Å². The summed E-state index contributed by atoms with van der Waals surface area (Å²) in [7, 11) is 1.50. The Morgan fingerprint density at radius 2 is 1.83 bits per heavy atom. The quantitative estimate of drug-likeness (QED) is 0.548. The highest BCUT2D eigenvalue weighted by molar-refractivity contribution is 6.00. The van der Waals surface area contributed by atoms with Crippen molar-refractivity contribution in [3.05, 3.63) is 23.8 Å². The van der Waals surface area contributed by atoms with E-state index in [1.807, 2.05) is 0 Å². The lowest BCUT2D eigenvalue weighted by Gasteiger charge is -2.19. The van der Waals surface area contributed by atoms with Crippen LogP contribution in [0.4, 0.5) is 10.5 Å². The van der Waals surface area contributed by atoms with Crippen LogP contribution in [-0.2, 0) is 4.74 Å². The Morgan fingerprint density at radius 3 is 2.43 bits per heavy atom. The van der Waals surface area contributed by atoms with Gasteiger partial charge >= 0.3 is 6.09 Å². The number of hydrogen-bond acceptors (Lipinski definition) is 5. The molecular weight excluding hydrogens is 298 g/mol. The molecule has 0 bridgehead atoms. The Kier molecular flexibility index (Phi) is 6.68. The Morgan fingerprint density at radius 1 is 1.17 bits per heavy atom. The first-order valence-electron chi connectivity index (χ1n) is 7.42. The molecule has 0 spiro atoms. The van der Waals surface area contributed by atoms with E-state index in [0.717, 1.165) is 0 Å². The number of alkyl carbamates (subject to hydrolysis) is 1. The number of hydrogen-bond donors (Lipinski definition) is 3. The van der Waals surface area contributed by atoms with Gasteiger partial charge in [0.2, 0.25) is 0 Å². The smallest absolute Gasteiger partial charge is 0.407 e. The Bertz CT molecular complexity index is 553. The maximum absolute atomic E-state index is 12.1. The van der Waals surface area contributed by atoms with Gasteiger partial charge in [-0.25, -0.2) is 4.79 Å². The van der Waals surface area contributed by atoms with E-state index < -0.39 is 11.7 Å². The van der Waals surface area contributed by atoms with Gasteiger partial charge in [-0.3, -0.25) is 4.79 Å². The number of rotatable bonds is 6. The van der Waals surface area contributed by atoms with Gasteiger partial charge in [0.25, 0.3) is 5.91 Å². The van der Waals surface area contributed by atoms with Crippen LogP contribution in [0.5, 0.6) is 5.75 Å². The Labute approximate surface area is 136 Å². The summed E-state index contributed by atoms with van der Waals surface area (Å²) in [4.78, 5) is 23.5. The molecule has 7 nitrogen and oxygen atoms in total. The van der Waals surface area contributed by atoms with Crippen LogP contribution in [0.15, 0.2) is 18.2 Å². The molecule has 1 rings (SSSR count). The van der Waals surface area contributed by atoms with E-state index in [-0.39, 0.29) is 5.91 Å². The highest BCUT2D eigenvalue weighted by Gasteiger charge is 2.15. The van der Waals surface area contributed by atoms with Gasteiger partial charge in [-0.05, 0) is 39.3 Å². The number of carbonyl (C=O) groups is 2. The van der Waals surface area contributed by atoms with E-state index in [0.29, 0.717) is 36.5 Å². The van der Waals surface area contributed by atoms with E-state index in [1.165, 1.54) is 7.11 Å². The molecule has 0 saturated carbocycles. The number of methoxy groups -OCH3 is 1. The third-order valence-corrected chi connectivity index (χ3v) is 2.84. The fraction of sp³-hybridized carbons (Fsp3) is 0.500. The summed E-state index contributed by atoms with van der Waals surface area (Å²) in [6.07, 6.45) is 0.107. The van der Waals surface area contributed by atoms with Crippen molar-refractivity contribution in [2.24, 2.45) is 0 Å². The molecule has 0 unspecified atom stereocenters. The average Bonchev–Trinajstić information content (AvgIpc) is 2.45. The van der Waals surface area contributed by atoms with E-state index in [2.05, 4.69) is 10.6 Å². The number of para-hydroxylation sites is 1. The lowest BCUT2D eigenvalue weighted by molar-refractivity contribution is 0.0527. The van der Waals surface area contributed by atoms with Crippen LogP contribution in [0.3, 0.4) is 0 Å². The molecule has 7 heteroatoms. The lowest BCUT2D eigenvalue weighted by atomic mass is 10.1. The van der Waals surface area contributed by atoms with Crippen molar-refractivity contribution in [2.75, 3.05) is 25.9 Å². The van der Waals surface area contributed by atoms with Crippen molar-refractivity contribution in [3.8, 4) is 5.75 Å². The fourth-order valence-corrected chi connectivity index (χ4v) is 1.81. The number of anilines is 1. The first-order valence-corrected chi connectivity index (χ1v) is 7.42. The largest absolute Gasteiger partial charge is 0.495 e. The van der Waals surface area contributed by atoms with Gasteiger partial charge in [-0.2, -0.15) is 0 Å². The summed E-state index contributed by atoms with van der Waals surface area (Å²) in [6.45, 7) is 6.20. The van der Waals surface area contributed by atoms with Gasteiger partial charge in [-0.15, -0.1) is 0 Å². The first kappa shape index (κ1) is 18.6. The van der Waals surface area contributed by atoms with Crippen molar-refractivity contribution in [1.82, 2.24) is 10.6 Å². The fourth-order valence-electron chi connectivity index (χ4n) is 1.81. The minimum absolute atomic E-state index is 0.279. The Balaban J connectivity index is 2.34. The van der Waals surface area contributed by atoms with Gasteiger partial charge in [0, 0.05) is 13.1 Å². The summed E-state index contributed by atoms with van der Waals surface area (Å²) >= 11 is 0. The molecule has 0 radical (unpaired) electrons. The molecule has 23 heavy (non-hydrogen) atoms. The minimum Gasteiger partial charge on any atom is -0.495 e. The molecule has 0 saturated heterocycles. The molecule has 1 aromatic rings. The van der Waals surface area contributed by atoms with Crippen molar-refractivity contribution >= 4 is 17.7 Å². The second-order valence-corrected chi connectivity index (χ2v) is 5.96. The second-order valence-electron chi connectivity index (χ2n) is 5.96. The number of carbonyl (C=O) groups excluding carboxylic acids is 2. The maximum Gasteiger partial charge on any atom is 0.407 e. The number of nitrogens with one attached hydrogen (secondary N) is 2. The summed E-state index contributed by atoms with van der Waals surface area (Å²) in [6, 6.07) is 5.02. The molecule has 0 aromatic heterocycles. The molecule has 0 heterocycles. The van der Waals surface area contributed by atoms with Gasteiger partial charge in [0.1, 0.15) is 11.4 Å². The first-order chi connectivity index (χ1) is 10.7. The molecule has 2 amide bonds. The predicted octanol–water partition coefficient (Wildman–Crippen LogP) is 1.92. The lowest BCUT2D eigenvalue weighted by Crippen LogP contribution is -2.34. The standard InChI is InChI=1S/C16H25N3O4/c1-16(2,3)23-15(21)19-10-6-9-18-14(20)11-7-5-8-12(22-4)13(11)17/h5,7-8H,6,9-10,17H2,1-4H3,(H,18,20)(H,19,21). The van der Waals surface area contributed by atoms with Gasteiger partial charge in [-0.1, -0.05) is 6.07 Å². The van der Waals surface area contributed by atoms with Crippen molar-refractivity contribution < 1.29 is 19.1 Å². The third kappa shape index (κ3) is 6.46. The average molecular weight is 323 g/mol. The van der Waals surface area contributed by atoms with Crippen LogP contribution in [0.1, 0.15) is 37.6 Å². The summed E-state index contributed by atoms with van der Waals surface area (Å²) in [5.41, 5.74) is 6.01. The van der Waals surface area contributed by atoms with Gasteiger partial charge in [0.15, 0.2) is 0 Å². The molecule has 0 aliphatic rings. The summed E-state index contributed by atoms with van der Waals surface area (Å²) < 4.78 is 10.2. The highest BCUT2D eigenvalue weighted by Crippen LogP contribution is 2.24. The molecule has 0 atom stereocenters. The second kappa shape index (κ2) is 8.26. The predicted molar refractivity (Wildman–Crippen MR) is 88.6 cm³/mol. The number of amides is 2. The van der Waals surface area contributed by atoms with Crippen LogP contribution in [-0.4, -0.2) is 37.8 Å². The summed E-state index contributed by atoms with van der Waals surface area (Å²) in [5, 5.41) is 5.37. The van der Waals surface area contributed by atoms with E-state index >= 15 is 0 Å². The molecule has 128 valence electrons. The Hall–Kier alpha value is -2.44. The summed E-state index contributed by atoms with van der Waals surface area (Å²) in [5.74, 6) is 0.183. The number of benzene rings is 1. The molecule has 0 aliphatic heterocycles. The minimum atomic E-state index is -0.526. The van der Waals surface area contributed by atoms with Gasteiger partial charge in [0.05, 0.1) is 18.4 Å². The molecular formula is C16H25N3O4. The van der Waals surface area contributed by atoms with Crippen LogP contribution in [0, 0.1) is 0 Å². The van der Waals surface area contributed by atoms with Crippen molar-refractivity contribution in [1.29, 1.82) is 0 Å². The molecule has 1 aromatic carbocycles. The van der Waals surface area contributed by atoms with Crippen LogP contribution < -0.4 is 21.1 Å². The number of ether oxygens (including phenoxy) is 2. The van der Waals surface area contributed by atoms with E-state index in [4.69, 9.17) is 15.2 Å². The zero-order valence-electron chi connectivity index (χ0n) is 14.1. The molecule has 0 aliphatic carbocycles. The van der Waals surface area contributed by atoms with Crippen LogP contribution in [0.25, 0.3) is 0 Å². The monoisotopic (exact) mass is 323 g/mol. The highest BCUT2D eigenvalue weighted by atomic mass is 16.6. The SMILES string of the molecule is COc1cccc(C(=O)NCCCNC(=O)OC(C)(C)C)c1N. The van der Waals surface area contributed by atoms with Crippen LogP contribution in [0.2, 0.25) is 0 Å². The van der Waals surface area contributed by atoms with Crippen molar-refractivity contribution in [3.63, 3.8) is 0 Å². The third-order valence-electron chi connectivity index (χ3n) is 2.84. The van der Waals surface area contributed by atoms with Crippen LogP contribution >= 0.6 is 0 Å². The number of nitrogens with two attached hydrogens (primary N) is 1. The van der Waals surface area contributed by atoms with E-state index in [9.17, 15) is 9.59 Å². The molecule has 0 fully saturated rings. The normalized spacial score (nSPS) is 10.8. The van der Waals surface area contributed by atoms with Crippen molar-refractivity contribution in [2.45, 2.75) is 32.8 Å². The number of nitrogen functional groups attached to an aromatic ring is 1. The van der Waals surface area contributed by atoms with E-state index in [1.54, 1.807) is 39.0 Å². The zero-order chi connectivity index (χ0) is 17.5. The molecule has 4 N–H and O–H groups in total. The maximum atomic E-state index is 12.1. The topological polar surface area (TPSA) is 103 Å².